The highest BCUT2D eigenvalue weighted by atomic mass is 19.4. The molecule has 1 rings (SSSR count). The molecule has 1 aromatic carbocycles. The first-order valence-electron chi connectivity index (χ1n) is 8.10. The molecule has 1 aromatic rings. The average Bonchev–Trinajstić information content (AvgIpc) is 2.55. The van der Waals surface area contributed by atoms with E-state index in [9.17, 15) is 22.8 Å². The number of hydrogen-bond acceptors (Lipinski definition) is 3. The smallest absolute Gasteiger partial charge is 0.382 e. The van der Waals surface area contributed by atoms with E-state index in [0.29, 0.717) is 35.8 Å². The van der Waals surface area contributed by atoms with Gasteiger partial charge in [0.1, 0.15) is 0 Å². The van der Waals surface area contributed by atoms with Crippen molar-refractivity contribution in [2.24, 2.45) is 0 Å². The molecular formula is C17H23F3N2O3. The van der Waals surface area contributed by atoms with Gasteiger partial charge in [-0.25, -0.2) is 0 Å². The van der Waals surface area contributed by atoms with Crippen molar-refractivity contribution in [3.63, 3.8) is 0 Å². The molecule has 2 amide bonds. The summed E-state index contributed by atoms with van der Waals surface area (Å²) in [5.41, 5.74) is 0.987. The molecule has 5 nitrogen and oxygen atoms in total. The first kappa shape index (κ1) is 21.0. The van der Waals surface area contributed by atoms with Crippen molar-refractivity contribution in [1.82, 2.24) is 4.90 Å². The Labute approximate surface area is 145 Å². The number of carbonyl (C=O) groups is 2. The van der Waals surface area contributed by atoms with Gasteiger partial charge in [0.2, 0.25) is 5.91 Å². The molecule has 0 aliphatic heterocycles. The van der Waals surface area contributed by atoms with Crippen molar-refractivity contribution in [1.29, 1.82) is 0 Å². The summed E-state index contributed by atoms with van der Waals surface area (Å²) in [7, 11) is 0. The fourth-order valence-corrected chi connectivity index (χ4v) is 2.18. The summed E-state index contributed by atoms with van der Waals surface area (Å²) in [6.07, 6.45) is -4.02. The zero-order valence-electron chi connectivity index (χ0n) is 14.4. The predicted octanol–water partition coefficient (Wildman–Crippen LogP) is 3.35. The number of hydrogen-bond donors (Lipinski definition) is 1. The number of ether oxygens (including phenoxy) is 1. The molecule has 0 aromatic heterocycles. The molecular weight excluding hydrogens is 337 g/mol. The van der Waals surface area contributed by atoms with Crippen molar-refractivity contribution in [3.05, 3.63) is 29.8 Å². The second kappa shape index (κ2) is 10.0. The number of nitrogens with zero attached hydrogens (tertiary/aromatic N) is 1. The van der Waals surface area contributed by atoms with E-state index in [1.807, 2.05) is 6.92 Å². The number of nitrogens with one attached hydrogen (secondary N) is 1. The van der Waals surface area contributed by atoms with E-state index in [-0.39, 0.29) is 25.4 Å². The average molecular weight is 360 g/mol. The standard InChI is InChI=1S/C17H23F3N2O3/c1-3-22(16(24)17(18,19)20)12-13-7-5-8-14(11-13)21-15(23)9-6-10-25-4-2/h5,7-8,11H,3-4,6,9-10,12H2,1-2H3,(H,21,23). The van der Waals surface area contributed by atoms with Gasteiger partial charge < -0.3 is 15.0 Å². The molecule has 1 N–H and O–H groups in total. The maximum atomic E-state index is 12.6. The van der Waals surface area contributed by atoms with Gasteiger partial charge in [0.05, 0.1) is 0 Å². The largest absolute Gasteiger partial charge is 0.471 e. The molecule has 0 spiro atoms. The summed E-state index contributed by atoms with van der Waals surface area (Å²) in [5, 5.41) is 2.69. The van der Waals surface area contributed by atoms with Gasteiger partial charge in [-0.05, 0) is 38.0 Å². The van der Waals surface area contributed by atoms with Crippen molar-refractivity contribution >= 4 is 17.5 Å². The van der Waals surface area contributed by atoms with Gasteiger partial charge >= 0.3 is 12.1 Å². The van der Waals surface area contributed by atoms with Crippen LogP contribution in [0.15, 0.2) is 24.3 Å². The van der Waals surface area contributed by atoms with Crippen LogP contribution in [-0.2, 0) is 20.9 Å². The fraction of sp³-hybridized carbons (Fsp3) is 0.529. The summed E-state index contributed by atoms with van der Waals surface area (Å²) in [6.45, 7) is 4.20. The summed E-state index contributed by atoms with van der Waals surface area (Å²) in [4.78, 5) is 23.9. The van der Waals surface area contributed by atoms with E-state index < -0.39 is 12.1 Å². The number of carbonyl (C=O) groups excluding carboxylic acids is 2. The van der Waals surface area contributed by atoms with Crippen LogP contribution < -0.4 is 5.32 Å². The molecule has 0 radical (unpaired) electrons. The maximum absolute atomic E-state index is 12.6. The first-order chi connectivity index (χ1) is 11.8. The molecule has 0 bridgehead atoms. The summed E-state index contributed by atoms with van der Waals surface area (Å²) < 4.78 is 42.8. The van der Waals surface area contributed by atoms with Crippen LogP contribution in [0, 0.1) is 0 Å². The molecule has 0 saturated carbocycles. The molecule has 0 fully saturated rings. The van der Waals surface area contributed by atoms with Crippen molar-refractivity contribution < 1.29 is 27.5 Å². The van der Waals surface area contributed by atoms with Gasteiger partial charge in [-0.1, -0.05) is 12.1 Å². The van der Waals surface area contributed by atoms with Crippen LogP contribution in [0.2, 0.25) is 0 Å². The Morgan fingerprint density at radius 3 is 2.56 bits per heavy atom. The molecule has 25 heavy (non-hydrogen) atoms. The lowest BCUT2D eigenvalue weighted by molar-refractivity contribution is -0.185. The number of benzene rings is 1. The second-order valence-corrected chi connectivity index (χ2v) is 5.37. The van der Waals surface area contributed by atoms with Crippen LogP contribution in [0.25, 0.3) is 0 Å². The third-order valence-electron chi connectivity index (χ3n) is 3.39. The zero-order valence-corrected chi connectivity index (χ0v) is 14.4. The van der Waals surface area contributed by atoms with E-state index in [1.54, 1.807) is 24.3 Å². The fourth-order valence-electron chi connectivity index (χ4n) is 2.18. The topological polar surface area (TPSA) is 58.6 Å². The number of anilines is 1. The van der Waals surface area contributed by atoms with Crippen LogP contribution in [0.3, 0.4) is 0 Å². The molecule has 0 aliphatic rings. The Morgan fingerprint density at radius 2 is 1.96 bits per heavy atom. The van der Waals surface area contributed by atoms with Gasteiger partial charge in [0.15, 0.2) is 0 Å². The lowest BCUT2D eigenvalue weighted by Crippen LogP contribution is -2.40. The number of rotatable bonds is 9. The SMILES string of the molecule is CCOCCCC(=O)Nc1cccc(CN(CC)C(=O)C(F)(F)F)c1. The lowest BCUT2D eigenvalue weighted by Gasteiger charge is -2.22. The number of halogens is 3. The predicted molar refractivity (Wildman–Crippen MR) is 87.9 cm³/mol. The third-order valence-corrected chi connectivity index (χ3v) is 3.39. The zero-order chi connectivity index (χ0) is 18.9. The summed E-state index contributed by atoms with van der Waals surface area (Å²) in [6, 6.07) is 6.44. The Bertz CT molecular complexity index is 577. The minimum absolute atomic E-state index is 0.0631. The van der Waals surface area contributed by atoms with Gasteiger partial charge in [0, 0.05) is 38.4 Å². The van der Waals surface area contributed by atoms with Crippen molar-refractivity contribution in [3.8, 4) is 0 Å². The Morgan fingerprint density at radius 1 is 1.24 bits per heavy atom. The summed E-state index contributed by atoms with van der Waals surface area (Å²) in [5.74, 6) is -2.07. The Kier molecular flexibility index (Phi) is 8.40. The first-order valence-corrected chi connectivity index (χ1v) is 8.10. The summed E-state index contributed by atoms with van der Waals surface area (Å²) >= 11 is 0. The molecule has 0 atom stereocenters. The molecule has 8 heteroatoms. The Balaban J connectivity index is 2.65. The van der Waals surface area contributed by atoms with Crippen LogP contribution in [0.1, 0.15) is 32.3 Å². The van der Waals surface area contributed by atoms with Gasteiger partial charge in [-0.3, -0.25) is 9.59 Å². The Hall–Kier alpha value is -2.09. The van der Waals surface area contributed by atoms with E-state index in [2.05, 4.69) is 5.32 Å². The van der Waals surface area contributed by atoms with Crippen molar-refractivity contribution in [2.75, 3.05) is 25.1 Å². The second-order valence-electron chi connectivity index (χ2n) is 5.37. The molecule has 0 saturated heterocycles. The van der Waals surface area contributed by atoms with Crippen LogP contribution in [0.5, 0.6) is 0 Å². The molecule has 0 heterocycles. The lowest BCUT2D eigenvalue weighted by atomic mass is 10.1. The highest BCUT2D eigenvalue weighted by Crippen LogP contribution is 2.21. The molecule has 0 aliphatic carbocycles. The van der Waals surface area contributed by atoms with Crippen LogP contribution in [-0.4, -0.2) is 42.6 Å². The highest BCUT2D eigenvalue weighted by molar-refractivity contribution is 5.90. The molecule has 140 valence electrons. The van der Waals surface area contributed by atoms with Crippen molar-refractivity contribution in [2.45, 2.75) is 39.4 Å². The maximum Gasteiger partial charge on any atom is 0.471 e. The number of amides is 2. The molecule has 0 unspecified atom stereocenters. The van der Waals surface area contributed by atoms with E-state index in [1.165, 1.54) is 6.92 Å². The highest BCUT2D eigenvalue weighted by Gasteiger charge is 2.41. The van der Waals surface area contributed by atoms with Gasteiger partial charge in [-0.15, -0.1) is 0 Å². The van der Waals surface area contributed by atoms with Gasteiger partial charge in [-0.2, -0.15) is 13.2 Å². The quantitative estimate of drug-likeness (QED) is 0.687. The van der Waals surface area contributed by atoms with E-state index >= 15 is 0 Å². The monoisotopic (exact) mass is 360 g/mol. The normalized spacial score (nSPS) is 11.2. The van der Waals surface area contributed by atoms with Gasteiger partial charge in [0.25, 0.3) is 0 Å². The van der Waals surface area contributed by atoms with Crippen LogP contribution in [0.4, 0.5) is 18.9 Å². The van der Waals surface area contributed by atoms with E-state index in [4.69, 9.17) is 4.74 Å². The van der Waals surface area contributed by atoms with Crippen LogP contribution >= 0.6 is 0 Å². The third kappa shape index (κ3) is 7.55. The number of alkyl halides is 3. The minimum atomic E-state index is -4.90. The minimum Gasteiger partial charge on any atom is -0.382 e. The van der Waals surface area contributed by atoms with E-state index in [0.717, 1.165) is 0 Å².